The van der Waals surface area contributed by atoms with E-state index in [0.717, 1.165) is 12.8 Å². The molecule has 2 N–H and O–H groups in total. The monoisotopic (exact) mass is 374 g/mol. The zero-order valence-corrected chi connectivity index (χ0v) is 17.0. The van der Waals surface area contributed by atoms with E-state index in [4.69, 9.17) is 0 Å². The lowest BCUT2D eigenvalue weighted by molar-refractivity contribution is 0.707. The molecule has 0 bridgehead atoms. The normalized spacial score (nSPS) is 15.9. The van der Waals surface area contributed by atoms with Crippen LogP contribution in [0.2, 0.25) is 0 Å². The molecule has 4 rings (SSSR count). The standard InChI is InChI=1S/C24H27N2P/c1-17(21-15-7-11-19-9-3-5-13-23(19)21)25-27-26-18(2)22-16-8-12-20-10-4-6-14-24(20)22/h3,5-9,11-18,25-27H,4,10H2,1-2H3/t17-,18-/m0/s1. The van der Waals surface area contributed by atoms with Gasteiger partial charge in [-0.25, -0.2) is 0 Å². The van der Waals surface area contributed by atoms with Gasteiger partial charge in [0, 0.05) is 21.0 Å². The highest BCUT2D eigenvalue weighted by Gasteiger charge is 2.14. The molecule has 1 aliphatic rings. The third-order valence-corrected chi connectivity index (χ3v) is 6.58. The molecule has 0 spiro atoms. The van der Waals surface area contributed by atoms with Crippen LogP contribution in [0.25, 0.3) is 16.8 Å². The molecule has 0 aromatic heterocycles. The molecular formula is C24H27N2P. The van der Waals surface area contributed by atoms with Crippen molar-refractivity contribution in [2.45, 2.75) is 38.8 Å². The smallest absolute Gasteiger partial charge is 0.0343 e. The maximum Gasteiger partial charge on any atom is 0.0343 e. The Morgan fingerprint density at radius 2 is 1.52 bits per heavy atom. The molecule has 2 nitrogen and oxygen atoms in total. The van der Waals surface area contributed by atoms with Crippen molar-refractivity contribution in [2.75, 3.05) is 0 Å². The van der Waals surface area contributed by atoms with E-state index in [9.17, 15) is 0 Å². The lowest BCUT2D eigenvalue weighted by Crippen LogP contribution is -2.19. The number of aryl methyl sites for hydroxylation is 1. The largest absolute Gasteiger partial charge is 0.279 e. The Labute approximate surface area is 164 Å². The van der Waals surface area contributed by atoms with Crippen molar-refractivity contribution >= 4 is 25.7 Å². The van der Waals surface area contributed by atoms with Gasteiger partial charge in [-0.05, 0) is 59.7 Å². The number of rotatable bonds is 6. The van der Waals surface area contributed by atoms with Crippen molar-refractivity contribution in [3.63, 3.8) is 0 Å². The molecule has 3 heteroatoms. The minimum absolute atomic E-state index is 0.304. The molecular weight excluding hydrogens is 347 g/mol. The number of nitrogens with one attached hydrogen (secondary N) is 2. The molecule has 0 radical (unpaired) electrons. The fraction of sp³-hybridized carbons (Fsp3) is 0.250. The molecule has 0 saturated carbocycles. The van der Waals surface area contributed by atoms with Crippen molar-refractivity contribution in [1.29, 1.82) is 0 Å². The minimum atomic E-state index is 0.304. The van der Waals surface area contributed by atoms with E-state index in [1.807, 2.05) is 0 Å². The predicted octanol–water partition coefficient (Wildman–Crippen LogP) is 6.31. The quantitative estimate of drug-likeness (QED) is 0.494. The van der Waals surface area contributed by atoms with Crippen LogP contribution < -0.4 is 10.2 Å². The Morgan fingerprint density at radius 3 is 2.41 bits per heavy atom. The number of hydrogen-bond donors (Lipinski definition) is 2. The van der Waals surface area contributed by atoms with Gasteiger partial charge in [-0.2, -0.15) is 0 Å². The van der Waals surface area contributed by atoms with Gasteiger partial charge in [0.05, 0.1) is 0 Å². The van der Waals surface area contributed by atoms with Gasteiger partial charge < -0.3 is 0 Å². The van der Waals surface area contributed by atoms with E-state index < -0.39 is 0 Å². The highest BCUT2D eigenvalue weighted by molar-refractivity contribution is 7.33. The summed E-state index contributed by atoms with van der Waals surface area (Å²) in [5.41, 5.74) is 5.64. The molecule has 3 atom stereocenters. The Hall–Kier alpha value is -1.99. The Kier molecular flexibility index (Phi) is 5.69. The molecule has 0 aliphatic heterocycles. The van der Waals surface area contributed by atoms with E-state index >= 15 is 0 Å². The van der Waals surface area contributed by atoms with E-state index in [1.165, 1.54) is 33.0 Å². The first-order valence-electron chi connectivity index (χ1n) is 9.76. The second kappa shape index (κ2) is 8.35. The topological polar surface area (TPSA) is 24.1 Å². The minimum Gasteiger partial charge on any atom is -0.279 e. The van der Waals surface area contributed by atoms with Gasteiger partial charge in [0.1, 0.15) is 0 Å². The van der Waals surface area contributed by atoms with Crippen LogP contribution in [0.1, 0.15) is 54.6 Å². The van der Waals surface area contributed by atoms with Crippen LogP contribution in [0, 0.1) is 0 Å². The summed E-state index contributed by atoms with van der Waals surface area (Å²) >= 11 is 0. The maximum absolute atomic E-state index is 3.68. The van der Waals surface area contributed by atoms with Crippen LogP contribution >= 0.6 is 8.88 Å². The maximum atomic E-state index is 3.68. The summed E-state index contributed by atoms with van der Waals surface area (Å²) in [6.07, 6.45) is 6.90. The molecule has 3 aromatic carbocycles. The average Bonchev–Trinajstić information content (AvgIpc) is 2.72. The lowest BCUT2D eigenvalue weighted by atomic mass is 9.91. The number of fused-ring (bicyclic) bond motifs is 2. The van der Waals surface area contributed by atoms with Gasteiger partial charge in [-0.1, -0.05) is 72.8 Å². The Bertz CT molecular complexity index is 958. The SMILES string of the molecule is C[C@H](NPN[C@@H](C)c1cccc2ccccc12)c1cccc2c1C=CCC2. The molecule has 0 amide bonds. The average molecular weight is 374 g/mol. The summed E-state index contributed by atoms with van der Waals surface area (Å²) in [5.74, 6) is 0. The highest BCUT2D eigenvalue weighted by Crippen LogP contribution is 2.30. The van der Waals surface area contributed by atoms with Gasteiger partial charge in [0.15, 0.2) is 0 Å². The molecule has 3 aromatic rings. The van der Waals surface area contributed by atoms with Crippen LogP contribution in [0.4, 0.5) is 0 Å². The van der Waals surface area contributed by atoms with Crippen LogP contribution in [-0.4, -0.2) is 0 Å². The van der Waals surface area contributed by atoms with Crippen LogP contribution in [-0.2, 0) is 6.42 Å². The van der Waals surface area contributed by atoms with Crippen molar-refractivity contribution in [2.24, 2.45) is 0 Å². The molecule has 1 unspecified atom stereocenters. The Morgan fingerprint density at radius 1 is 0.815 bits per heavy atom. The van der Waals surface area contributed by atoms with E-state index in [2.05, 4.69) is 96.8 Å². The third kappa shape index (κ3) is 3.99. The summed E-state index contributed by atoms with van der Waals surface area (Å²) < 4.78 is 0. The highest BCUT2D eigenvalue weighted by atomic mass is 31.1. The first kappa shape index (κ1) is 18.4. The molecule has 0 fully saturated rings. The fourth-order valence-electron chi connectivity index (χ4n) is 3.91. The number of benzene rings is 3. The first-order valence-corrected chi connectivity index (χ1v) is 10.8. The molecule has 27 heavy (non-hydrogen) atoms. The summed E-state index contributed by atoms with van der Waals surface area (Å²) in [7, 11) is 0.504. The van der Waals surface area contributed by atoms with Crippen LogP contribution in [0.3, 0.4) is 0 Å². The molecule has 0 heterocycles. The van der Waals surface area contributed by atoms with E-state index in [-0.39, 0.29) is 0 Å². The zero-order chi connectivity index (χ0) is 18.6. The van der Waals surface area contributed by atoms with Crippen molar-refractivity contribution in [1.82, 2.24) is 10.2 Å². The van der Waals surface area contributed by atoms with Gasteiger partial charge >= 0.3 is 0 Å². The van der Waals surface area contributed by atoms with Gasteiger partial charge in [-0.3, -0.25) is 10.2 Å². The number of hydrogen-bond acceptors (Lipinski definition) is 2. The second-order valence-corrected chi connectivity index (χ2v) is 8.11. The number of allylic oxidation sites excluding steroid dienone is 1. The third-order valence-electron chi connectivity index (χ3n) is 5.43. The van der Waals surface area contributed by atoms with E-state index in [0.29, 0.717) is 21.0 Å². The zero-order valence-electron chi connectivity index (χ0n) is 16.0. The van der Waals surface area contributed by atoms with Crippen LogP contribution in [0.15, 0.2) is 66.7 Å². The van der Waals surface area contributed by atoms with Crippen molar-refractivity contribution in [3.05, 3.63) is 89.0 Å². The Balaban J connectivity index is 1.42. The van der Waals surface area contributed by atoms with Crippen molar-refractivity contribution in [3.8, 4) is 0 Å². The molecule has 0 saturated heterocycles. The van der Waals surface area contributed by atoms with Gasteiger partial charge in [0.2, 0.25) is 0 Å². The van der Waals surface area contributed by atoms with Crippen molar-refractivity contribution < 1.29 is 0 Å². The summed E-state index contributed by atoms with van der Waals surface area (Å²) in [6.45, 7) is 4.50. The van der Waals surface area contributed by atoms with E-state index in [1.54, 1.807) is 0 Å². The summed E-state index contributed by atoms with van der Waals surface area (Å²) in [5, 5.41) is 9.99. The molecule has 1 aliphatic carbocycles. The van der Waals surface area contributed by atoms with Gasteiger partial charge in [0.25, 0.3) is 0 Å². The molecule has 138 valence electrons. The summed E-state index contributed by atoms with van der Waals surface area (Å²) in [4.78, 5) is 0. The van der Waals surface area contributed by atoms with Gasteiger partial charge in [-0.15, -0.1) is 0 Å². The summed E-state index contributed by atoms with van der Waals surface area (Å²) in [6, 6.07) is 22.5. The predicted molar refractivity (Wildman–Crippen MR) is 119 cm³/mol. The second-order valence-electron chi connectivity index (χ2n) is 7.29. The first-order chi connectivity index (χ1) is 13.2. The lowest BCUT2D eigenvalue weighted by Gasteiger charge is -2.22. The van der Waals surface area contributed by atoms with Crippen LogP contribution in [0.5, 0.6) is 0 Å². The fourth-order valence-corrected chi connectivity index (χ4v) is 4.74.